The average molecular weight is 250 g/mol. The fraction of sp³-hybridized carbons (Fsp3) is 0. The van der Waals surface area contributed by atoms with E-state index in [9.17, 15) is 0 Å². The van der Waals surface area contributed by atoms with E-state index in [1.165, 1.54) is 12.7 Å². The Balaban J connectivity index is 2.03. The molecule has 0 radical (unpaired) electrons. The summed E-state index contributed by atoms with van der Waals surface area (Å²) in [5.41, 5.74) is 3.04. The summed E-state index contributed by atoms with van der Waals surface area (Å²) in [6.07, 6.45) is 7.73. The predicted octanol–water partition coefficient (Wildman–Crippen LogP) is 0.753. The first-order valence-corrected chi connectivity index (χ1v) is 5.49. The van der Waals surface area contributed by atoms with Gasteiger partial charge in [-0.3, -0.25) is 0 Å². The SMILES string of the molecule is c1ncc2[nH]c(-c3ncnc4nccnc34)nc2n1. The van der Waals surface area contributed by atoms with Gasteiger partial charge in [-0.2, -0.15) is 0 Å². The predicted molar refractivity (Wildman–Crippen MR) is 65.8 cm³/mol. The summed E-state index contributed by atoms with van der Waals surface area (Å²) < 4.78 is 0. The molecule has 0 amide bonds. The maximum Gasteiger partial charge on any atom is 0.182 e. The number of hydrogen-bond acceptors (Lipinski definition) is 7. The van der Waals surface area contributed by atoms with E-state index >= 15 is 0 Å². The zero-order chi connectivity index (χ0) is 12.7. The molecule has 0 atom stereocenters. The lowest BCUT2D eigenvalue weighted by Crippen LogP contribution is -1.94. The summed E-state index contributed by atoms with van der Waals surface area (Å²) in [7, 11) is 0. The van der Waals surface area contributed by atoms with E-state index in [-0.39, 0.29) is 0 Å². The average Bonchev–Trinajstić information content (AvgIpc) is 2.90. The number of rotatable bonds is 1. The summed E-state index contributed by atoms with van der Waals surface area (Å²) >= 11 is 0. The van der Waals surface area contributed by atoms with E-state index in [1.807, 2.05) is 0 Å². The topological polar surface area (TPSA) is 106 Å². The molecule has 0 spiro atoms. The van der Waals surface area contributed by atoms with Crippen LogP contribution >= 0.6 is 0 Å². The number of hydrogen-bond donors (Lipinski definition) is 1. The van der Waals surface area contributed by atoms with Crippen molar-refractivity contribution in [3.8, 4) is 11.5 Å². The van der Waals surface area contributed by atoms with Crippen LogP contribution in [0.1, 0.15) is 0 Å². The number of H-pyrrole nitrogens is 1. The molecule has 0 aromatic carbocycles. The van der Waals surface area contributed by atoms with Crippen molar-refractivity contribution in [1.29, 1.82) is 0 Å². The first-order valence-electron chi connectivity index (χ1n) is 5.49. The van der Waals surface area contributed by atoms with Crippen molar-refractivity contribution in [3.05, 3.63) is 31.2 Å². The second-order valence-corrected chi connectivity index (χ2v) is 3.80. The maximum atomic E-state index is 4.37. The molecule has 19 heavy (non-hydrogen) atoms. The van der Waals surface area contributed by atoms with Gasteiger partial charge in [0.1, 0.15) is 29.4 Å². The second-order valence-electron chi connectivity index (χ2n) is 3.80. The smallest absolute Gasteiger partial charge is 0.182 e. The third kappa shape index (κ3) is 1.50. The van der Waals surface area contributed by atoms with Gasteiger partial charge in [-0.1, -0.05) is 0 Å². The molecule has 90 valence electrons. The fourth-order valence-corrected chi connectivity index (χ4v) is 1.84. The molecule has 8 heteroatoms. The minimum Gasteiger partial charge on any atom is -0.334 e. The van der Waals surface area contributed by atoms with Crippen LogP contribution in [0, 0.1) is 0 Å². The number of fused-ring (bicyclic) bond motifs is 2. The molecule has 0 aliphatic heterocycles. The van der Waals surface area contributed by atoms with Crippen LogP contribution in [0.4, 0.5) is 0 Å². The van der Waals surface area contributed by atoms with Crippen molar-refractivity contribution in [1.82, 2.24) is 39.9 Å². The molecule has 0 fully saturated rings. The number of aromatic nitrogens is 8. The lowest BCUT2D eigenvalue weighted by molar-refractivity contribution is 1.13. The Hall–Kier alpha value is -3.03. The van der Waals surface area contributed by atoms with Gasteiger partial charge >= 0.3 is 0 Å². The largest absolute Gasteiger partial charge is 0.334 e. The number of nitrogens with zero attached hydrogens (tertiary/aromatic N) is 7. The van der Waals surface area contributed by atoms with Crippen molar-refractivity contribution in [2.45, 2.75) is 0 Å². The van der Waals surface area contributed by atoms with Gasteiger partial charge in [0, 0.05) is 12.4 Å². The molecule has 0 aliphatic carbocycles. The fourth-order valence-electron chi connectivity index (χ4n) is 1.84. The third-order valence-corrected chi connectivity index (χ3v) is 2.66. The molecule has 0 saturated carbocycles. The summed E-state index contributed by atoms with van der Waals surface area (Å²) in [6, 6.07) is 0. The van der Waals surface area contributed by atoms with Crippen LogP contribution in [0.15, 0.2) is 31.2 Å². The van der Waals surface area contributed by atoms with Crippen LogP contribution in [0.3, 0.4) is 0 Å². The van der Waals surface area contributed by atoms with Gasteiger partial charge in [-0.25, -0.2) is 34.9 Å². The van der Waals surface area contributed by atoms with Gasteiger partial charge in [0.15, 0.2) is 17.1 Å². The number of aromatic amines is 1. The Labute approximate surface area is 106 Å². The number of nitrogens with one attached hydrogen (secondary N) is 1. The van der Waals surface area contributed by atoms with Crippen LogP contribution in [0.25, 0.3) is 33.8 Å². The van der Waals surface area contributed by atoms with E-state index in [4.69, 9.17) is 0 Å². The van der Waals surface area contributed by atoms with Gasteiger partial charge < -0.3 is 4.98 Å². The molecule has 4 rings (SSSR count). The Morgan fingerprint density at radius 2 is 1.74 bits per heavy atom. The molecule has 4 aromatic rings. The highest BCUT2D eigenvalue weighted by atomic mass is 15.0. The summed E-state index contributed by atoms with van der Waals surface area (Å²) in [4.78, 5) is 32.2. The van der Waals surface area contributed by atoms with Crippen molar-refractivity contribution in [2.75, 3.05) is 0 Å². The Kier molecular flexibility index (Phi) is 1.95. The molecule has 0 saturated heterocycles. The minimum absolute atomic E-state index is 0.527. The molecule has 0 unspecified atom stereocenters. The van der Waals surface area contributed by atoms with Gasteiger partial charge in [0.25, 0.3) is 0 Å². The van der Waals surface area contributed by atoms with Crippen LogP contribution in [-0.2, 0) is 0 Å². The Morgan fingerprint density at radius 3 is 2.68 bits per heavy atom. The highest BCUT2D eigenvalue weighted by Gasteiger charge is 2.12. The quantitative estimate of drug-likeness (QED) is 0.531. The lowest BCUT2D eigenvalue weighted by atomic mass is 10.3. The maximum absolute atomic E-state index is 4.37. The van der Waals surface area contributed by atoms with Crippen LogP contribution in [0.5, 0.6) is 0 Å². The zero-order valence-electron chi connectivity index (χ0n) is 9.52. The molecule has 4 heterocycles. The van der Waals surface area contributed by atoms with Crippen LogP contribution < -0.4 is 0 Å². The van der Waals surface area contributed by atoms with E-state index in [0.717, 1.165) is 5.52 Å². The second kappa shape index (κ2) is 3.73. The highest BCUT2D eigenvalue weighted by Crippen LogP contribution is 2.21. The van der Waals surface area contributed by atoms with Crippen molar-refractivity contribution in [2.24, 2.45) is 0 Å². The van der Waals surface area contributed by atoms with Crippen LogP contribution in [0.2, 0.25) is 0 Å². The monoisotopic (exact) mass is 250 g/mol. The zero-order valence-corrected chi connectivity index (χ0v) is 9.52. The first kappa shape index (κ1) is 9.95. The highest BCUT2D eigenvalue weighted by molar-refractivity contribution is 5.86. The van der Waals surface area contributed by atoms with Crippen molar-refractivity contribution >= 4 is 22.3 Å². The molecular formula is C11H6N8. The van der Waals surface area contributed by atoms with Gasteiger partial charge in [-0.15, -0.1) is 0 Å². The van der Waals surface area contributed by atoms with Crippen molar-refractivity contribution in [3.63, 3.8) is 0 Å². The standard InChI is InChI=1S/C11H6N8/c1-2-14-10-7(13-1)8(15-5-17-10)11-18-6-3-12-4-16-9(6)19-11/h1-5H,(H,12,16,18,19). The molecule has 1 N–H and O–H groups in total. The third-order valence-electron chi connectivity index (χ3n) is 2.66. The number of imidazole rings is 1. The Morgan fingerprint density at radius 1 is 0.842 bits per heavy atom. The van der Waals surface area contributed by atoms with Gasteiger partial charge in [0.2, 0.25) is 0 Å². The van der Waals surface area contributed by atoms with Gasteiger partial charge in [0.05, 0.1) is 6.20 Å². The molecule has 8 nitrogen and oxygen atoms in total. The summed E-state index contributed by atoms with van der Waals surface area (Å²) in [5.74, 6) is 0.573. The molecule has 4 aromatic heterocycles. The van der Waals surface area contributed by atoms with E-state index in [1.54, 1.807) is 18.6 Å². The minimum atomic E-state index is 0.527. The van der Waals surface area contributed by atoms with Gasteiger partial charge in [-0.05, 0) is 0 Å². The van der Waals surface area contributed by atoms with E-state index in [0.29, 0.717) is 28.3 Å². The van der Waals surface area contributed by atoms with Crippen molar-refractivity contribution < 1.29 is 0 Å². The molecule has 0 bridgehead atoms. The Bertz CT molecular complexity index is 846. The molecular weight excluding hydrogens is 244 g/mol. The lowest BCUT2D eigenvalue weighted by Gasteiger charge is -1.99. The van der Waals surface area contributed by atoms with E-state index in [2.05, 4.69) is 39.9 Å². The summed E-state index contributed by atoms with van der Waals surface area (Å²) in [5, 5.41) is 0. The van der Waals surface area contributed by atoms with Crippen LogP contribution in [-0.4, -0.2) is 39.9 Å². The summed E-state index contributed by atoms with van der Waals surface area (Å²) in [6.45, 7) is 0. The normalized spacial score (nSPS) is 11.2. The molecule has 0 aliphatic rings. The van der Waals surface area contributed by atoms with E-state index < -0.39 is 0 Å². The first-order chi connectivity index (χ1) is 9.42.